The Balaban J connectivity index is 1.72. The van der Waals surface area contributed by atoms with E-state index < -0.39 is 0 Å². The Kier molecular flexibility index (Phi) is 9.21. The number of carbonyl (C=O) groups excluding carboxylic acids is 2. The number of likely N-dealkylation sites (N-methyl/N-ethyl adjacent to an activating group) is 1. The van der Waals surface area contributed by atoms with Crippen LogP contribution in [0, 0.1) is 0 Å². The Morgan fingerprint density at radius 1 is 1.09 bits per heavy atom. The third-order valence-corrected chi connectivity index (χ3v) is 5.80. The van der Waals surface area contributed by atoms with Gasteiger partial charge in [-0.15, -0.1) is 0 Å². The molecular formula is C25H34N4O4. The molecule has 0 spiro atoms. The minimum absolute atomic E-state index is 0.00827. The molecule has 2 aromatic rings. The maximum absolute atomic E-state index is 13.1. The Bertz CT molecular complexity index is 887. The molecule has 1 aliphatic rings. The smallest absolute Gasteiger partial charge is 0.248 e. The predicted octanol–water partition coefficient (Wildman–Crippen LogP) is 2.19. The van der Waals surface area contributed by atoms with Gasteiger partial charge in [-0.2, -0.15) is 0 Å². The average molecular weight is 455 g/mol. The van der Waals surface area contributed by atoms with Crippen LogP contribution >= 0.6 is 0 Å². The van der Waals surface area contributed by atoms with Crippen LogP contribution in [0.25, 0.3) is 0 Å². The molecule has 8 nitrogen and oxygen atoms in total. The summed E-state index contributed by atoms with van der Waals surface area (Å²) < 4.78 is 11.3. The Morgan fingerprint density at radius 3 is 2.48 bits per heavy atom. The first-order valence-corrected chi connectivity index (χ1v) is 11.4. The molecule has 1 aromatic carbocycles. The number of methoxy groups -OCH3 is 1. The molecule has 0 saturated carbocycles. The van der Waals surface area contributed by atoms with Crippen molar-refractivity contribution in [2.45, 2.75) is 33.0 Å². The van der Waals surface area contributed by atoms with E-state index >= 15 is 0 Å². The fourth-order valence-electron chi connectivity index (χ4n) is 3.96. The summed E-state index contributed by atoms with van der Waals surface area (Å²) >= 11 is 0. The summed E-state index contributed by atoms with van der Waals surface area (Å²) in [5, 5.41) is 0. The summed E-state index contributed by atoms with van der Waals surface area (Å²) in [6.45, 7) is 7.49. The zero-order valence-corrected chi connectivity index (χ0v) is 19.8. The van der Waals surface area contributed by atoms with Gasteiger partial charge in [0.05, 0.1) is 25.5 Å². The number of pyridine rings is 1. The molecule has 0 radical (unpaired) electrons. The van der Waals surface area contributed by atoms with Crippen LogP contribution in [0.5, 0.6) is 5.75 Å². The van der Waals surface area contributed by atoms with E-state index in [9.17, 15) is 9.59 Å². The van der Waals surface area contributed by atoms with Gasteiger partial charge < -0.3 is 19.3 Å². The van der Waals surface area contributed by atoms with Crippen LogP contribution in [0.2, 0.25) is 0 Å². The summed E-state index contributed by atoms with van der Waals surface area (Å²) in [6, 6.07) is 13.5. The van der Waals surface area contributed by atoms with Crippen molar-refractivity contribution in [3.8, 4) is 5.75 Å². The largest absolute Gasteiger partial charge is 0.497 e. The molecule has 0 N–H and O–H groups in total. The third kappa shape index (κ3) is 7.27. The first kappa shape index (κ1) is 24.7. The van der Waals surface area contributed by atoms with Crippen molar-refractivity contribution in [1.29, 1.82) is 0 Å². The number of carbonyl (C=O) groups is 2. The summed E-state index contributed by atoms with van der Waals surface area (Å²) in [5.74, 6) is 0.773. The maximum Gasteiger partial charge on any atom is 0.248 e. The van der Waals surface area contributed by atoms with Crippen molar-refractivity contribution in [3.63, 3.8) is 0 Å². The van der Waals surface area contributed by atoms with Crippen LogP contribution < -0.4 is 4.74 Å². The number of hydrogen-bond donors (Lipinski definition) is 0. The molecule has 0 bridgehead atoms. The number of nitrogens with zero attached hydrogens (tertiary/aromatic N) is 4. The SMILES string of the molecule is CCN(CC)C(=O)CO[C@@H]1CN(Cc2ccccn2)CC(=O)N(Cc2ccc(OC)cc2)C1. The molecule has 1 aliphatic heterocycles. The van der Waals surface area contributed by atoms with Crippen LogP contribution in [0.1, 0.15) is 25.1 Å². The second-order valence-corrected chi connectivity index (χ2v) is 8.11. The highest BCUT2D eigenvalue weighted by molar-refractivity contribution is 5.79. The van der Waals surface area contributed by atoms with Gasteiger partial charge in [0.1, 0.15) is 12.4 Å². The van der Waals surface area contributed by atoms with Gasteiger partial charge in [0.25, 0.3) is 0 Å². The highest BCUT2D eigenvalue weighted by Crippen LogP contribution is 2.17. The van der Waals surface area contributed by atoms with E-state index in [4.69, 9.17) is 9.47 Å². The van der Waals surface area contributed by atoms with Gasteiger partial charge in [0.2, 0.25) is 11.8 Å². The predicted molar refractivity (Wildman–Crippen MR) is 126 cm³/mol. The summed E-state index contributed by atoms with van der Waals surface area (Å²) in [4.78, 5) is 35.6. The van der Waals surface area contributed by atoms with E-state index in [-0.39, 0.29) is 31.1 Å². The van der Waals surface area contributed by atoms with Crippen molar-refractivity contribution >= 4 is 11.8 Å². The molecule has 2 heterocycles. The van der Waals surface area contributed by atoms with E-state index in [1.54, 1.807) is 18.2 Å². The molecule has 178 valence electrons. The van der Waals surface area contributed by atoms with Crippen molar-refractivity contribution in [2.24, 2.45) is 0 Å². The fourth-order valence-corrected chi connectivity index (χ4v) is 3.96. The molecule has 33 heavy (non-hydrogen) atoms. The lowest BCUT2D eigenvalue weighted by molar-refractivity contribution is -0.138. The van der Waals surface area contributed by atoms with Crippen LogP contribution in [0.3, 0.4) is 0 Å². The van der Waals surface area contributed by atoms with E-state index in [2.05, 4.69) is 4.98 Å². The molecular weight excluding hydrogens is 420 g/mol. The molecule has 1 saturated heterocycles. The standard InChI is InChI=1S/C25H34N4O4/c1-4-28(5-2)25(31)19-33-23-16-27(15-21-8-6-7-13-26-21)18-24(30)29(17-23)14-20-9-11-22(32-3)12-10-20/h6-13,23H,4-5,14-19H2,1-3H3/t23-/m1/s1. The second-order valence-electron chi connectivity index (χ2n) is 8.11. The van der Waals surface area contributed by atoms with Crippen LogP contribution in [0.15, 0.2) is 48.7 Å². The van der Waals surface area contributed by atoms with Gasteiger partial charge in [0, 0.05) is 45.5 Å². The Morgan fingerprint density at radius 2 is 1.85 bits per heavy atom. The number of benzene rings is 1. The summed E-state index contributed by atoms with van der Waals surface area (Å²) in [6.07, 6.45) is 1.47. The van der Waals surface area contributed by atoms with Crippen molar-refractivity contribution in [2.75, 3.05) is 46.4 Å². The van der Waals surface area contributed by atoms with Gasteiger partial charge in [-0.3, -0.25) is 19.5 Å². The van der Waals surface area contributed by atoms with Crippen LogP contribution in [0.4, 0.5) is 0 Å². The molecule has 8 heteroatoms. The summed E-state index contributed by atoms with van der Waals surface area (Å²) in [7, 11) is 1.63. The minimum atomic E-state index is -0.280. The fraction of sp³-hybridized carbons (Fsp3) is 0.480. The lowest BCUT2D eigenvalue weighted by Crippen LogP contribution is -2.40. The number of hydrogen-bond acceptors (Lipinski definition) is 6. The zero-order chi connectivity index (χ0) is 23.6. The van der Waals surface area contributed by atoms with Gasteiger partial charge in [0.15, 0.2) is 0 Å². The molecule has 1 atom stereocenters. The second kappa shape index (κ2) is 12.3. The lowest BCUT2D eigenvalue weighted by atomic mass is 10.2. The van der Waals surface area contributed by atoms with Crippen molar-refractivity contribution in [1.82, 2.24) is 19.7 Å². The summed E-state index contributed by atoms with van der Waals surface area (Å²) in [5.41, 5.74) is 1.91. The topological polar surface area (TPSA) is 75.2 Å². The number of aromatic nitrogens is 1. The Labute approximate surface area is 196 Å². The van der Waals surface area contributed by atoms with E-state index in [1.165, 1.54) is 0 Å². The number of amides is 2. The number of rotatable bonds is 10. The van der Waals surface area contributed by atoms with Gasteiger partial charge in [-0.25, -0.2) is 0 Å². The number of ether oxygens (including phenoxy) is 2. The molecule has 0 unspecified atom stereocenters. The molecule has 2 amide bonds. The molecule has 3 rings (SSSR count). The first-order chi connectivity index (χ1) is 16.0. The molecule has 0 aliphatic carbocycles. The monoisotopic (exact) mass is 454 g/mol. The van der Waals surface area contributed by atoms with Crippen molar-refractivity contribution < 1.29 is 19.1 Å². The molecule has 1 fully saturated rings. The van der Waals surface area contributed by atoms with E-state index in [0.717, 1.165) is 17.0 Å². The van der Waals surface area contributed by atoms with Crippen LogP contribution in [-0.2, 0) is 27.4 Å². The van der Waals surface area contributed by atoms with Gasteiger partial charge in [-0.1, -0.05) is 18.2 Å². The van der Waals surface area contributed by atoms with E-state index in [0.29, 0.717) is 39.3 Å². The van der Waals surface area contributed by atoms with E-state index in [1.807, 2.05) is 66.1 Å². The van der Waals surface area contributed by atoms with Crippen molar-refractivity contribution in [3.05, 3.63) is 59.9 Å². The Hall–Kier alpha value is -2.97. The lowest BCUT2D eigenvalue weighted by Gasteiger charge is -2.26. The third-order valence-electron chi connectivity index (χ3n) is 5.80. The maximum atomic E-state index is 13.1. The highest BCUT2D eigenvalue weighted by Gasteiger charge is 2.29. The van der Waals surface area contributed by atoms with Crippen LogP contribution in [-0.4, -0.2) is 84.0 Å². The minimum Gasteiger partial charge on any atom is -0.497 e. The first-order valence-electron chi connectivity index (χ1n) is 11.4. The highest BCUT2D eigenvalue weighted by atomic mass is 16.5. The normalized spacial score (nSPS) is 17.0. The van der Waals surface area contributed by atoms with Gasteiger partial charge in [-0.05, 0) is 43.7 Å². The quantitative estimate of drug-likeness (QED) is 0.548. The average Bonchev–Trinajstić information content (AvgIpc) is 2.97. The zero-order valence-electron chi connectivity index (χ0n) is 19.8. The van der Waals surface area contributed by atoms with Gasteiger partial charge >= 0.3 is 0 Å². The molecule has 1 aromatic heterocycles.